The lowest BCUT2D eigenvalue weighted by atomic mass is 10.2. The molecule has 0 fully saturated rings. The summed E-state index contributed by atoms with van der Waals surface area (Å²) in [6, 6.07) is 20.3. The Bertz CT molecular complexity index is 1360. The quantitative estimate of drug-likeness (QED) is 0.169. The van der Waals surface area contributed by atoms with Gasteiger partial charge in [0.1, 0.15) is 0 Å². The maximum absolute atomic E-state index is 12.4. The van der Waals surface area contributed by atoms with Gasteiger partial charge in [0.05, 0.1) is 23.5 Å². The van der Waals surface area contributed by atoms with Gasteiger partial charge in [-0.1, -0.05) is 53.7 Å². The molecule has 0 radical (unpaired) electrons. The summed E-state index contributed by atoms with van der Waals surface area (Å²) in [5.74, 6) is 0.687. The predicted molar refractivity (Wildman–Crippen MR) is 141 cm³/mol. The molecule has 35 heavy (non-hydrogen) atoms. The van der Waals surface area contributed by atoms with Crippen LogP contribution in [0.25, 0.3) is 17.1 Å². The van der Waals surface area contributed by atoms with Crippen LogP contribution >= 0.6 is 39.3 Å². The summed E-state index contributed by atoms with van der Waals surface area (Å²) >= 11 is 10.6. The molecule has 1 amide bonds. The summed E-state index contributed by atoms with van der Waals surface area (Å²) in [6.45, 7) is 0. The smallest absolute Gasteiger partial charge is 0.250 e. The van der Waals surface area contributed by atoms with Gasteiger partial charge >= 0.3 is 0 Å². The third kappa shape index (κ3) is 6.02. The second-order valence-electron chi connectivity index (χ2n) is 7.12. The number of aromatic hydroxyl groups is 1. The number of aromatic nitrogens is 3. The summed E-state index contributed by atoms with van der Waals surface area (Å²) < 4.78 is 7.45. The van der Waals surface area contributed by atoms with Crippen LogP contribution in [0.15, 0.2) is 81.5 Å². The second-order valence-corrected chi connectivity index (χ2v) is 9.35. The summed E-state index contributed by atoms with van der Waals surface area (Å²) in [5.41, 5.74) is 4.85. The molecule has 0 atom stereocenters. The molecule has 0 aliphatic rings. The van der Waals surface area contributed by atoms with Gasteiger partial charge in [0.2, 0.25) is 0 Å². The van der Waals surface area contributed by atoms with Gasteiger partial charge in [-0.05, 0) is 57.9 Å². The Hall–Kier alpha value is -3.34. The Kier molecular flexibility index (Phi) is 8.06. The van der Waals surface area contributed by atoms with Gasteiger partial charge in [0.15, 0.2) is 22.5 Å². The van der Waals surface area contributed by atoms with E-state index in [1.807, 2.05) is 47.0 Å². The van der Waals surface area contributed by atoms with Crippen LogP contribution in [0.4, 0.5) is 0 Å². The number of carbonyl (C=O) groups is 1. The number of carbonyl (C=O) groups excluding carboxylic acids is 1. The van der Waals surface area contributed by atoms with Crippen LogP contribution in [0.5, 0.6) is 11.5 Å². The largest absolute Gasteiger partial charge is 0.503 e. The first-order valence-electron chi connectivity index (χ1n) is 10.2. The third-order valence-corrected chi connectivity index (χ3v) is 6.54. The Morgan fingerprint density at radius 1 is 1.20 bits per heavy atom. The SMILES string of the molecule is COc1cc(/C=N/NC(=O)CSc2nnc(-c3ccccc3)n2-c2ccc(Cl)cc2)cc(Br)c1O. The number of methoxy groups -OCH3 is 1. The second kappa shape index (κ2) is 11.4. The van der Waals surface area contributed by atoms with Gasteiger partial charge < -0.3 is 9.84 Å². The van der Waals surface area contributed by atoms with Crippen molar-refractivity contribution in [3.05, 3.63) is 81.8 Å². The minimum Gasteiger partial charge on any atom is -0.503 e. The summed E-state index contributed by atoms with van der Waals surface area (Å²) in [7, 11) is 1.45. The minimum atomic E-state index is -0.317. The Balaban J connectivity index is 1.48. The number of phenols is 1. The van der Waals surface area contributed by atoms with E-state index in [4.69, 9.17) is 16.3 Å². The normalized spacial score (nSPS) is 11.1. The van der Waals surface area contributed by atoms with E-state index in [9.17, 15) is 9.90 Å². The Labute approximate surface area is 219 Å². The zero-order valence-electron chi connectivity index (χ0n) is 18.4. The van der Waals surface area contributed by atoms with Crippen LogP contribution in [-0.4, -0.2) is 44.9 Å². The van der Waals surface area contributed by atoms with Crippen molar-refractivity contribution in [3.63, 3.8) is 0 Å². The molecule has 3 aromatic carbocycles. The minimum absolute atomic E-state index is 0.00948. The first-order valence-corrected chi connectivity index (χ1v) is 12.4. The lowest BCUT2D eigenvalue weighted by Gasteiger charge is -2.10. The van der Waals surface area contributed by atoms with E-state index >= 15 is 0 Å². The van der Waals surface area contributed by atoms with Crippen molar-refractivity contribution in [1.82, 2.24) is 20.2 Å². The van der Waals surface area contributed by atoms with Crippen LogP contribution < -0.4 is 10.2 Å². The van der Waals surface area contributed by atoms with Crippen LogP contribution in [0.2, 0.25) is 5.02 Å². The average molecular weight is 573 g/mol. The predicted octanol–water partition coefficient (Wildman–Crippen LogP) is 5.31. The highest BCUT2D eigenvalue weighted by Crippen LogP contribution is 2.34. The zero-order chi connectivity index (χ0) is 24.8. The molecule has 2 N–H and O–H groups in total. The first kappa shape index (κ1) is 24.8. The van der Waals surface area contributed by atoms with Crippen molar-refractivity contribution in [1.29, 1.82) is 0 Å². The topological polar surface area (TPSA) is 102 Å². The lowest BCUT2D eigenvalue weighted by Crippen LogP contribution is -2.20. The van der Waals surface area contributed by atoms with Gasteiger partial charge in [0, 0.05) is 16.3 Å². The van der Waals surface area contributed by atoms with Gasteiger partial charge in [-0.2, -0.15) is 5.10 Å². The van der Waals surface area contributed by atoms with Gasteiger partial charge in [-0.25, -0.2) is 5.43 Å². The summed E-state index contributed by atoms with van der Waals surface area (Å²) in [5, 5.41) is 23.7. The van der Waals surface area contributed by atoms with Gasteiger partial charge in [-0.3, -0.25) is 9.36 Å². The molecule has 0 spiro atoms. The molecular weight excluding hydrogens is 554 g/mol. The molecule has 11 heteroatoms. The number of benzene rings is 3. The number of hydrazone groups is 1. The molecule has 0 saturated carbocycles. The van der Waals surface area contributed by atoms with E-state index in [0.29, 0.717) is 31.8 Å². The van der Waals surface area contributed by atoms with E-state index in [-0.39, 0.29) is 17.4 Å². The molecule has 0 unspecified atom stereocenters. The number of thioether (sulfide) groups is 1. The lowest BCUT2D eigenvalue weighted by molar-refractivity contribution is -0.118. The number of hydrogen-bond acceptors (Lipinski definition) is 7. The maximum atomic E-state index is 12.4. The molecule has 1 aromatic heterocycles. The van der Waals surface area contributed by atoms with Crippen molar-refractivity contribution in [2.75, 3.05) is 12.9 Å². The van der Waals surface area contributed by atoms with Crippen molar-refractivity contribution < 1.29 is 14.6 Å². The molecule has 0 aliphatic heterocycles. The van der Waals surface area contributed by atoms with Crippen molar-refractivity contribution >= 4 is 51.4 Å². The average Bonchev–Trinajstić information content (AvgIpc) is 3.29. The van der Waals surface area contributed by atoms with Crippen LogP contribution in [-0.2, 0) is 4.79 Å². The molecule has 8 nitrogen and oxygen atoms in total. The van der Waals surface area contributed by atoms with Crippen molar-refractivity contribution in [2.24, 2.45) is 5.10 Å². The zero-order valence-corrected chi connectivity index (χ0v) is 21.5. The number of ether oxygens (including phenoxy) is 1. The number of rotatable bonds is 8. The van der Waals surface area contributed by atoms with E-state index in [1.54, 1.807) is 24.3 Å². The molecule has 0 saturated heterocycles. The Morgan fingerprint density at radius 3 is 2.66 bits per heavy atom. The molecule has 4 aromatic rings. The number of phenolic OH excluding ortho intramolecular Hbond substituents is 1. The molecular formula is C24H19BrClN5O3S. The van der Waals surface area contributed by atoms with Crippen molar-refractivity contribution in [2.45, 2.75) is 5.16 Å². The maximum Gasteiger partial charge on any atom is 0.250 e. The van der Waals surface area contributed by atoms with E-state index in [0.717, 1.165) is 11.3 Å². The summed E-state index contributed by atoms with van der Waals surface area (Å²) in [6.07, 6.45) is 1.46. The standard InChI is InChI=1S/C24H19BrClN5O3S/c1-34-20-12-15(11-19(25)22(20)33)13-27-28-21(32)14-35-24-30-29-23(16-5-3-2-4-6-16)31(24)18-9-7-17(26)8-10-18/h2-13,33H,14H2,1H3,(H,28,32)/b27-13+. The third-order valence-electron chi connectivity index (χ3n) is 4.76. The number of hydrogen-bond donors (Lipinski definition) is 2. The van der Waals surface area contributed by atoms with E-state index < -0.39 is 0 Å². The monoisotopic (exact) mass is 571 g/mol. The molecule has 4 rings (SSSR count). The number of amides is 1. The highest BCUT2D eigenvalue weighted by molar-refractivity contribution is 9.10. The van der Waals surface area contributed by atoms with Crippen LogP contribution in [0, 0.1) is 0 Å². The van der Waals surface area contributed by atoms with Gasteiger partial charge in [0.25, 0.3) is 5.91 Å². The highest BCUT2D eigenvalue weighted by atomic mass is 79.9. The van der Waals surface area contributed by atoms with Crippen LogP contribution in [0.3, 0.4) is 0 Å². The Morgan fingerprint density at radius 2 is 1.94 bits per heavy atom. The number of nitrogens with one attached hydrogen (secondary N) is 1. The molecule has 0 aliphatic carbocycles. The number of halogens is 2. The van der Waals surface area contributed by atoms with Gasteiger partial charge in [-0.15, -0.1) is 10.2 Å². The fraction of sp³-hybridized carbons (Fsp3) is 0.0833. The fourth-order valence-electron chi connectivity index (χ4n) is 3.13. The highest BCUT2D eigenvalue weighted by Gasteiger charge is 2.17. The van der Waals surface area contributed by atoms with E-state index in [2.05, 4.69) is 36.7 Å². The van der Waals surface area contributed by atoms with Crippen molar-refractivity contribution in [3.8, 4) is 28.6 Å². The molecule has 0 bridgehead atoms. The molecule has 178 valence electrons. The van der Waals surface area contributed by atoms with Crippen LogP contribution in [0.1, 0.15) is 5.56 Å². The number of nitrogens with zero attached hydrogens (tertiary/aromatic N) is 4. The van der Waals surface area contributed by atoms with E-state index in [1.165, 1.54) is 25.1 Å². The first-order chi connectivity index (χ1) is 17.0. The summed E-state index contributed by atoms with van der Waals surface area (Å²) in [4.78, 5) is 12.4. The fourth-order valence-corrected chi connectivity index (χ4v) is 4.46. The molecule has 1 heterocycles.